The summed E-state index contributed by atoms with van der Waals surface area (Å²) < 4.78 is 30.7. The predicted molar refractivity (Wildman–Crippen MR) is 163 cm³/mol. The van der Waals surface area contributed by atoms with Gasteiger partial charge < -0.3 is 20.4 Å². The summed E-state index contributed by atoms with van der Waals surface area (Å²) in [6.45, 7) is -0.106. The Morgan fingerprint density at radius 2 is 1.88 bits per heavy atom. The number of H-pyrrole nitrogens is 1. The van der Waals surface area contributed by atoms with Crippen LogP contribution in [-0.2, 0) is 16.6 Å². The maximum atomic E-state index is 14.0. The Morgan fingerprint density at radius 1 is 1.07 bits per heavy atom. The second-order valence-electron chi connectivity index (χ2n) is 9.69. The van der Waals surface area contributed by atoms with E-state index in [1.165, 1.54) is 42.7 Å². The number of benzene rings is 2. The Kier molecular flexibility index (Phi) is 8.44. The topological polar surface area (TPSA) is 177 Å². The molecule has 0 saturated carbocycles. The number of sulfonamides is 1. The third kappa shape index (κ3) is 6.21. The third-order valence-corrected chi connectivity index (χ3v) is 8.33. The van der Waals surface area contributed by atoms with E-state index >= 15 is 0 Å². The predicted octanol–water partition coefficient (Wildman–Crippen LogP) is 3.75. The van der Waals surface area contributed by atoms with Crippen LogP contribution in [0.25, 0.3) is 22.0 Å². The summed E-state index contributed by atoms with van der Waals surface area (Å²) in [7, 11) is -4.49. The zero-order valence-corrected chi connectivity index (χ0v) is 24.2. The van der Waals surface area contributed by atoms with Crippen molar-refractivity contribution >= 4 is 50.0 Å². The van der Waals surface area contributed by atoms with E-state index in [1.54, 1.807) is 41.0 Å². The number of carbonyl (C=O) groups excluding carboxylic acids is 2. The molecular formula is C30H26ClN5O6S. The average Bonchev–Trinajstić information content (AvgIpc) is 3.28. The van der Waals surface area contributed by atoms with Gasteiger partial charge in [0.15, 0.2) is 5.78 Å². The number of hydrogen-bond donors (Lipinski definition) is 4. The molecule has 0 spiro atoms. The molecule has 13 heteroatoms. The Bertz CT molecular complexity index is 2040. The highest BCUT2D eigenvalue weighted by atomic mass is 35.5. The quantitative estimate of drug-likeness (QED) is 0.171. The van der Waals surface area contributed by atoms with E-state index in [0.29, 0.717) is 21.5 Å². The Morgan fingerprint density at radius 3 is 2.63 bits per heavy atom. The number of fused-ring (bicyclic) bond motifs is 1. The van der Waals surface area contributed by atoms with Crippen molar-refractivity contribution in [3.63, 3.8) is 0 Å². The van der Waals surface area contributed by atoms with Crippen molar-refractivity contribution in [2.45, 2.75) is 24.3 Å². The van der Waals surface area contributed by atoms with Gasteiger partial charge in [0, 0.05) is 64.6 Å². The van der Waals surface area contributed by atoms with Crippen LogP contribution in [0.3, 0.4) is 0 Å². The summed E-state index contributed by atoms with van der Waals surface area (Å²) in [6, 6.07) is 16.6. The van der Waals surface area contributed by atoms with Gasteiger partial charge in [-0.1, -0.05) is 23.7 Å². The zero-order valence-electron chi connectivity index (χ0n) is 22.6. The normalized spacial score (nSPS) is 11.5. The Labute approximate surface area is 251 Å². The minimum absolute atomic E-state index is 0.0313. The summed E-state index contributed by atoms with van der Waals surface area (Å²) >= 11 is 6.34. The lowest BCUT2D eigenvalue weighted by Crippen LogP contribution is -2.33. The smallest absolute Gasteiger partial charge is 0.282 e. The first-order valence-corrected chi connectivity index (χ1v) is 15.0. The number of Topliss-reactive ketones (excluding diaryl/α,β-unsaturated/α-hetero) is 1. The molecule has 0 atom stereocenters. The molecule has 5 N–H and O–H groups in total. The van der Waals surface area contributed by atoms with Crippen LogP contribution in [0.2, 0.25) is 5.02 Å². The highest BCUT2D eigenvalue weighted by Gasteiger charge is 2.29. The fourth-order valence-corrected chi connectivity index (χ4v) is 6.01. The highest BCUT2D eigenvalue weighted by Crippen LogP contribution is 2.36. The number of anilines is 1. The Hall–Kier alpha value is -4.78. The number of nitrogens with zero attached hydrogens (tertiary/aromatic N) is 2. The fraction of sp³-hybridized carbons (Fsp3) is 0.133. The maximum absolute atomic E-state index is 14.0. The van der Waals surface area contributed by atoms with Crippen molar-refractivity contribution in [2.24, 2.45) is 0 Å². The van der Waals surface area contributed by atoms with Gasteiger partial charge in [-0.25, -0.2) is 18.1 Å². The van der Waals surface area contributed by atoms with Gasteiger partial charge in [0.25, 0.3) is 21.5 Å². The number of pyridine rings is 2. The lowest BCUT2D eigenvalue weighted by atomic mass is 10.0. The Balaban J connectivity index is 1.67. The number of aromatic amines is 1. The minimum Gasteiger partial charge on any atom is -0.396 e. The number of halogens is 1. The lowest BCUT2D eigenvalue weighted by molar-refractivity contribution is 0.0965. The molecule has 0 fully saturated rings. The van der Waals surface area contributed by atoms with E-state index in [2.05, 4.69) is 14.7 Å². The number of hydrogen-bond acceptors (Lipinski definition) is 8. The number of nitrogens with two attached hydrogens (primary N) is 1. The first-order chi connectivity index (χ1) is 20.6. The van der Waals surface area contributed by atoms with Gasteiger partial charge >= 0.3 is 0 Å². The van der Waals surface area contributed by atoms with Crippen LogP contribution in [0.1, 0.15) is 39.3 Å². The van der Waals surface area contributed by atoms with Crippen LogP contribution in [0.15, 0.2) is 88.8 Å². The van der Waals surface area contributed by atoms with Crippen molar-refractivity contribution < 1.29 is 23.1 Å². The van der Waals surface area contributed by atoms with Gasteiger partial charge in [-0.05, 0) is 66.6 Å². The van der Waals surface area contributed by atoms with Crippen molar-refractivity contribution in [1.82, 2.24) is 19.3 Å². The maximum Gasteiger partial charge on any atom is 0.282 e. The summed E-state index contributed by atoms with van der Waals surface area (Å²) in [5.74, 6) is -1.11. The molecule has 0 unspecified atom stereocenters. The molecule has 0 aliphatic heterocycles. The first-order valence-electron chi connectivity index (χ1n) is 13.1. The monoisotopic (exact) mass is 619 g/mol. The van der Waals surface area contributed by atoms with Crippen molar-refractivity contribution in [3.05, 3.63) is 111 Å². The third-order valence-electron chi connectivity index (χ3n) is 6.77. The van der Waals surface area contributed by atoms with E-state index in [9.17, 15) is 22.8 Å². The van der Waals surface area contributed by atoms with E-state index < -0.39 is 21.5 Å². The molecule has 11 nitrogen and oxygen atoms in total. The molecule has 220 valence electrons. The van der Waals surface area contributed by atoms with E-state index in [-0.39, 0.29) is 64.9 Å². The molecule has 0 aliphatic rings. The lowest BCUT2D eigenvalue weighted by Gasteiger charge is -2.14. The average molecular weight is 620 g/mol. The molecular weight excluding hydrogens is 594 g/mol. The van der Waals surface area contributed by atoms with Gasteiger partial charge in [-0.2, -0.15) is 0 Å². The molecule has 1 amide bonds. The number of rotatable bonds is 10. The fourth-order valence-electron chi connectivity index (χ4n) is 4.84. The summed E-state index contributed by atoms with van der Waals surface area (Å²) in [6.07, 6.45) is 3.21. The largest absolute Gasteiger partial charge is 0.396 e. The van der Waals surface area contributed by atoms with E-state index in [4.69, 9.17) is 22.4 Å². The molecule has 0 bridgehead atoms. The zero-order chi connectivity index (χ0) is 30.7. The molecule has 43 heavy (non-hydrogen) atoms. The van der Waals surface area contributed by atoms with Gasteiger partial charge in [0.2, 0.25) is 0 Å². The molecule has 3 aromatic heterocycles. The summed E-state index contributed by atoms with van der Waals surface area (Å²) in [4.78, 5) is 45.8. The number of aliphatic hydroxyl groups is 1. The number of aliphatic hydroxyl groups excluding tert-OH is 1. The summed E-state index contributed by atoms with van der Waals surface area (Å²) in [5, 5.41) is 9.83. The molecule has 0 aliphatic carbocycles. The van der Waals surface area contributed by atoms with E-state index in [0.717, 1.165) is 0 Å². The van der Waals surface area contributed by atoms with Gasteiger partial charge in [0.1, 0.15) is 11.5 Å². The number of amides is 1. The first kappa shape index (κ1) is 29.7. The minimum atomic E-state index is -4.49. The molecule has 0 radical (unpaired) electrons. The summed E-state index contributed by atoms with van der Waals surface area (Å²) in [5.41, 5.74) is 6.89. The standard InChI is InChI=1S/C30H26ClN5O6S/c31-20-8-9-24-23(16-20)27(22-6-2-11-34-29(22)39)28(36(24)17-18-10-12-33-26(32)14-18)30(40)35-43(41,42)21-5-1-4-19(15-21)25(38)7-3-13-37/h1-2,4-6,8-12,14-16,37H,3,7,13,17H2,(H2,32,33)(H,34,39)(H,35,40). The highest BCUT2D eigenvalue weighted by molar-refractivity contribution is 7.90. The second-order valence-corrected chi connectivity index (χ2v) is 11.8. The molecule has 5 aromatic rings. The van der Waals surface area contributed by atoms with Crippen LogP contribution in [-0.4, -0.2) is 46.4 Å². The van der Waals surface area contributed by atoms with Crippen molar-refractivity contribution in [3.8, 4) is 11.1 Å². The second kappa shape index (κ2) is 12.2. The number of nitrogens with one attached hydrogen (secondary N) is 2. The molecule has 2 aromatic carbocycles. The van der Waals surface area contributed by atoms with Gasteiger partial charge in [-0.15, -0.1) is 0 Å². The van der Waals surface area contributed by atoms with E-state index in [1.807, 2.05) is 0 Å². The number of nitrogen functional groups attached to an aromatic ring is 1. The number of aromatic nitrogens is 3. The SMILES string of the molecule is Nc1cc(Cn2c(C(=O)NS(=O)(=O)c3cccc(C(=O)CCCO)c3)c(-c3ccc[nH]c3=O)c3cc(Cl)ccc32)ccn1. The van der Waals surface area contributed by atoms with Crippen molar-refractivity contribution in [2.75, 3.05) is 12.3 Å². The van der Waals surface area contributed by atoms with Crippen LogP contribution in [0.4, 0.5) is 5.82 Å². The molecule has 3 heterocycles. The number of ketones is 1. The van der Waals surface area contributed by atoms with Crippen LogP contribution < -0.4 is 16.0 Å². The van der Waals surface area contributed by atoms with Crippen molar-refractivity contribution in [1.29, 1.82) is 0 Å². The van der Waals surface area contributed by atoms with Gasteiger partial charge in [-0.3, -0.25) is 14.4 Å². The van der Waals surface area contributed by atoms with Gasteiger partial charge in [0.05, 0.1) is 4.90 Å². The van der Waals surface area contributed by atoms with Crippen LogP contribution in [0, 0.1) is 0 Å². The number of carbonyl (C=O) groups is 2. The van der Waals surface area contributed by atoms with Crippen LogP contribution >= 0.6 is 11.6 Å². The van der Waals surface area contributed by atoms with Crippen LogP contribution in [0.5, 0.6) is 0 Å². The molecule has 5 rings (SSSR count). The molecule has 0 saturated heterocycles.